The third-order valence-electron chi connectivity index (χ3n) is 2.92. The van der Waals surface area contributed by atoms with E-state index in [4.69, 9.17) is 10.5 Å². The van der Waals surface area contributed by atoms with Crippen molar-refractivity contribution in [1.82, 2.24) is 10.2 Å². The third kappa shape index (κ3) is 2.06. The average molecular weight is 229 g/mol. The molecular formula is C13H15N3O. The summed E-state index contributed by atoms with van der Waals surface area (Å²) >= 11 is 0. The van der Waals surface area contributed by atoms with Crippen LogP contribution < -0.4 is 10.5 Å². The third-order valence-corrected chi connectivity index (χ3v) is 2.92. The van der Waals surface area contributed by atoms with Crippen molar-refractivity contribution in [2.75, 3.05) is 12.8 Å². The molecule has 0 unspecified atom stereocenters. The molecule has 0 aliphatic carbocycles. The second-order valence-corrected chi connectivity index (χ2v) is 3.91. The van der Waals surface area contributed by atoms with Gasteiger partial charge in [-0.25, -0.2) is 0 Å². The highest BCUT2D eigenvalue weighted by molar-refractivity contribution is 5.66. The quantitative estimate of drug-likeness (QED) is 0.858. The van der Waals surface area contributed by atoms with Crippen molar-refractivity contribution < 1.29 is 4.74 Å². The Bertz CT molecular complexity index is 535. The Morgan fingerprint density at radius 1 is 1.00 bits per heavy atom. The molecule has 88 valence electrons. The number of rotatable bonds is 2. The van der Waals surface area contributed by atoms with Gasteiger partial charge < -0.3 is 10.5 Å². The van der Waals surface area contributed by atoms with E-state index in [0.29, 0.717) is 5.82 Å². The lowest BCUT2D eigenvalue weighted by Gasteiger charge is -2.09. The number of hydrogen-bond acceptors (Lipinski definition) is 4. The fourth-order valence-corrected chi connectivity index (χ4v) is 1.65. The van der Waals surface area contributed by atoms with Crippen molar-refractivity contribution in [3.8, 4) is 17.0 Å². The molecule has 0 saturated heterocycles. The lowest BCUT2D eigenvalue weighted by molar-refractivity contribution is 0.415. The standard InChI is InChI=1S/C13H15N3O/c1-8-9(2)13(14)16-15-12(8)10-4-6-11(17-3)7-5-10/h4-7H,1-3H3,(H2,14,16). The number of nitrogen functional groups attached to an aromatic ring is 1. The molecule has 1 heterocycles. The van der Waals surface area contributed by atoms with E-state index < -0.39 is 0 Å². The van der Waals surface area contributed by atoms with Crippen LogP contribution in [0.25, 0.3) is 11.3 Å². The fourth-order valence-electron chi connectivity index (χ4n) is 1.65. The Hall–Kier alpha value is -2.10. The maximum atomic E-state index is 5.72. The number of nitrogens with zero attached hydrogens (tertiary/aromatic N) is 2. The van der Waals surface area contributed by atoms with E-state index in [9.17, 15) is 0 Å². The Balaban J connectivity index is 2.49. The summed E-state index contributed by atoms with van der Waals surface area (Å²) in [6, 6.07) is 7.74. The van der Waals surface area contributed by atoms with Gasteiger partial charge in [-0.05, 0) is 49.2 Å². The number of nitrogens with two attached hydrogens (primary N) is 1. The van der Waals surface area contributed by atoms with E-state index in [1.54, 1.807) is 7.11 Å². The van der Waals surface area contributed by atoms with E-state index >= 15 is 0 Å². The van der Waals surface area contributed by atoms with Crippen LogP contribution in [0.4, 0.5) is 5.82 Å². The number of benzene rings is 1. The molecule has 17 heavy (non-hydrogen) atoms. The molecule has 4 nitrogen and oxygen atoms in total. The van der Waals surface area contributed by atoms with E-state index in [2.05, 4.69) is 10.2 Å². The number of hydrogen-bond donors (Lipinski definition) is 1. The van der Waals surface area contributed by atoms with Crippen molar-refractivity contribution in [3.63, 3.8) is 0 Å². The smallest absolute Gasteiger partial charge is 0.149 e. The summed E-state index contributed by atoms with van der Waals surface area (Å²) in [7, 11) is 1.65. The summed E-state index contributed by atoms with van der Waals surface area (Å²) < 4.78 is 5.12. The molecule has 1 aromatic heterocycles. The minimum absolute atomic E-state index is 0.486. The van der Waals surface area contributed by atoms with Crippen molar-refractivity contribution in [2.24, 2.45) is 0 Å². The summed E-state index contributed by atoms with van der Waals surface area (Å²) in [5.74, 6) is 1.31. The Labute approximate surface area is 100 Å². The van der Waals surface area contributed by atoms with Crippen LogP contribution >= 0.6 is 0 Å². The van der Waals surface area contributed by atoms with Crippen LogP contribution in [0.3, 0.4) is 0 Å². The minimum Gasteiger partial charge on any atom is -0.497 e. The zero-order chi connectivity index (χ0) is 12.4. The van der Waals surface area contributed by atoms with Gasteiger partial charge in [0.05, 0.1) is 12.8 Å². The number of ether oxygens (including phenoxy) is 1. The molecule has 0 aliphatic rings. The van der Waals surface area contributed by atoms with Crippen LogP contribution in [0.15, 0.2) is 24.3 Å². The molecule has 0 spiro atoms. The number of methoxy groups -OCH3 is 1. The Morgan fingerprint density at radius 2 is 1.65 bits per heavy atom. The minimum atomic E-state index is 0.486. The van der Waals surface area contributed by atoms with Gasteiger partial charge in [0.25, 0.3) is 0 Å². The highest BCUT2D eigenvalue weighted by Crippen LogP contribution is 2.26. The van der Waals surface area contributed by atoms with Crippen molar-refractivity contribution >= 4 is 5.82 Å². The maximum Gasteiger partial charge on any atom is 0.149 e. The first-order chi connectivity index (χ1) is 8.13. The molecule has 0 fully saturated rings. The van der Waals surface area contributed by atoms with Gasteiger partial charge in [-0.2, -0.15) is 0 Å². The highest BCUT2D eigenvalue weighted by Gasteiger charge is 2.09. The Kier molecular flexibility index (Phi) is 2.95. The number of anilines is 1. The number of aromatic nitrogens is 2. The molecule has 0 radical (unpaired) electrons. The first-order valence-electron chi connectivity index (χ1n) is 5.37. The van der Waals surface area contributed by atoms with Crippen molar-refractivity contribution in [3.05, 3.63) is 35.4 Å². The van der Waals surface area contributed by atoms with Gasteiger partial charge >= 0.3 is 0 Å². The monoisotopic (exact) mass is 229 g/mol. The van der Waals surface area contributed by atoms with E-state index in [1.165, 1.54) is 0 Å². The van der Waals surface area contributed by atoms with Gasteiger partial charge in [-0.15, -0.1) is 10.2 Å². The Morgan fingerprint density at radius 3 is 2.24 bits per heavy atom. The molecule has 4 heteroatoms. The zero-order valence-electron chi connectivity index (χ0n) is 10.2. The predicted octanol–water partition coefficient (Wildman–Crippen LogP) is 2.35. The molecule has 2 aromatic rings. The van der Waals surface area contributed by atoms with E-state index in [-0.39, 0.29) is 0 Å². The molecule has 0 atom stereocenters. The second kappa shape index (κ2) is 4.41. The van der Waals surface area contributed by atoms with Gasteiger partial charge in [0.1, 0.15) is 11.6 Å². The van der Waals surface area contributed by atoms with Gasteiger partial charge in [0.2, 0.25) is 0 Å². The summed E-state index contributed by atoms with van der Waals surface area (Å²) in [6.45, 7) is 3.95. The molecule has 0 amide bonds. The lowest BCUT2D eigenvalue weighted by atomic mass is 10.0. The molecule has 2 N–H and O–H groups in total. The van der Waals surface area contributed by atoms with Crippen LogP contribution in [0.1, 0.15) is 11.1 Å². The summed E-state index contributed by atoms with van der Waals surface area (Å²) in [6.07, 6.45) is 0. The van der Waals surface area contributed by atoms with Crippen molar-refractivity contribution in [2.45, 2.75) is 13.8 Å². The summed E-state index contributed by atoms with van der Waals surface area (Å²) in [4.78, 5) is 0. The van der Waals surface area contributed by atoms with Crippen molar-refractivity contribution in [1.29, 1.82) is 0 Å². The summed E-state index contributed by atoms with van der Waals surface area (Å²) in [5, 5.41) is 8.10. The molecule has 0 bridgehead atoms. The normalized spacial score (nSPS) is 10.3. The van der Waals surface area contributed by atoms with Crippen LogP contribution in [0, 0.1) is 13.8 Å². The highest BCUT2D eigenvalue weighted by atomic mass is 16.5. The molecular weight excluding hydrogens is 214 g/mol. The lowest BCUT2D eigenvalue weighted by Crippen LogP contribution is -2.01. The first-order valence-corrected chi connectivity index (χ1v) is 5.37. The van der Waals surface area contributed by atoms with Gasteiger partial charge in [0.15, 0.2) is 0 Å². The molecule has 0 saturated carbocycles. The SMILES string of the molecule is COc1ccc(-c2nnc(N)c(C)c2C)cc1. The molecule has 1 aromatic carbocycles. The molecule has 0 aliphatic heterocycles. The van der Waals surface area contributed by atoms with Crippen LogP contribution in [-0.2, 0) is 0 Å². The fraction of sp³-hybridized carbons (Fsp3) is 0.231. The van der Waals surface area contributed by atoms with Crippen LogP contribution in [0.5, 0.6) is 5.75 Å². The van der Waals surface area contributed by atoms with Crippen LogP contribution in [-0.4, -0.2) is 17.3 Å². The van der Waals surface area contributed by atoms with Gasteiger partial charge in [-0.3, -0.25) is 0 Å². The predicted molar refractivity (Wildman–Crippen MR) is 67.9 cm³/mol. The summed E-state index contributed by atoms with van der Waals surface area (Å²) in [5.41, 5.74) is 9.63. The largest absolute Gasteiger partial charge is 0.497 e. The second-order valence-electron chi connectivity index (χ2n) is 3.91. The zero-order valence-corrected chi connectivity index (χ0v) is 10.2. The van der Waals surface area contributed by atoms with E-state index in [0.717, 1.165) is 28.1 Å². The van der Waals surface area contributed by atoms with Gasteiger partial charge in [0, 0.05) is 5.56 Å². The average Bonchev–Trinajstić information content (AvgIpc) is 2.36. The first kappa shape index (κ1) is 11.4. The van der Waals surface area contributed by atoms with Gasteiger partial charge in [-0.1, -0.05) is 0 Å². The molecule has 2 rings (SSSR count). The topological polar surface area (TPSA) is 61.0 Å². The van der Waals surface area contributed by atoms with E-state index in [1.807, 2.05) is 38.1 Å². The maximum absolute atomic E-state index is 5.72. The van der Waals surface area contributed by atoms with Crippen LogP contribution in [0.2, 0.25) is 0 Å².